The molecule has 1 aliphatic carbocycles. The number of rotatable bonds is 3. The zero-order valence-corrected chi connectivity index (χ0v) is 6.86. The monoisotopic (exact) mass is 176 g/mol. The van der Waals surface area contributed by atoms with E-state index < -0.39 is 10.0 Å². The van der Waals surface area contributed by atoms with Crippen LogP contribution in [0.4, 0.5) is 0 Å². The summed E-state index contributed by atoms with van der Waals surface area (Å²) < 4.78 is 23.8. The summed E-state index contributed by atoms with van der Waals surface area (Å²) in [6.07, 6.45) is 4.39. The van der Waals surface area contributed by atoms with E-state index in [1.807, 2.05) is 0 Å². The SMILES string of the molecule is O=[C]NS(=O)(=O)C1CCCC1. The fourth-order valence-electron chi connectivity index (χ4n) is 1.34. The fraction of sp³-hybridized carbons (Fsp3) is 0.833. The number of hydrogen-bond donors (Lipinski definition) is 1. The second-order valence-electron chi connectivity index (χ2n) is 2.66. The summed E-state index contributed by atoms with van der Waals surface area (Å²) in [4.78, 5) is 9.76. The molecular formula is C6H10NO3S. The average molecular weight is 176 g/mol. The smallest absolute Gasteiger partial charge is 0.263 e. The molecule has 0 spiro atoms. The van der Waals surface area contributed by atoms with Crippen molar-refractivity contribution in [2.45, 2.75) is 30.9 Å². The molecule has 0 bridgehead atoms. The van der Waals surface area contributed by atoms with E-state index in [1.165, 1.54) is 6.41 Å². The van der Waals surface area contributed by atoms with Crippen LogP contribution in [0.15, 0.2) is 0 Å². The van der Waals surface area contributed by atoms with Gasteiger partial charge in [-0.1, -0.05) is 12.8 Å². The number of sulfonamides is 1. The van der Waals surface area contributed by atoms with Crippen molar-refractivity contribution < 1.29 is 13.2 Å². The van der Waals surface area contributed by atoms with Gasteiger partial charge in [0.15, 0.2) is 0 Å². The normalized spacial score (nSPS) is 20.0. The first-order valence-electron chi connectivity index (χ1n) is 3.54. The molecule has 0 aliphatic heterocycles. The molecule has 0 heterocycles. The molecule has 1 rings (SSSR count). The molecule has 1 N–H and O–H groups in total. The molecule has 4 nitrogen and oxygen atoms in total. The Morgan fingerprint density at radius 2 is 1.82 bits per heavy atom. The maximum Gasteiger partial charge on any atom is 0.323 e. The van der Waals surface area contributed by atoms with Crippen molar-refractivity contribution in [3.63, 3.8) is 0 Å². The molecule has 11 heavy (non-hydrogen) atoms. The molecule has 0 unspecified atom stereocenters. The van der Waals surface area contributed by atoms with Gasteiger partial charge in [-0.2, -0.15) is 0 Å². The van der Waals surface area contributed by atoms with Crippen LogP contribution in [0.2, 0.25) is 0 Å². The molecular weight excluding hydrogens is 166 g/mol. The molecule has 1 fully saturated rings. The van der Waals surface area contributed by atoms with Crippen molar-refractivity contribution in [2.75, 3.05) is 0 Å². The Morgan fingerprint density at radius 1 is 1.27 bits per heavy atom. The van der Waals surface area contributed by atoms with Crippen LogP contribution >= 0.6 is 0 Å². The van der Waals surface area contributed by atoms with Crippen LogP contribution in [0.3, 0.4) is 0 Å². The Balaban J connectivity index is 2.63. The summed E-state index contributed by atoms with van der Waals surface area (Å²) in [5, 5.41) is -0.371. The zero-order valence-electron chi connectivity index (χ0n) is 6.04. The van der Waals surface area contributed by atoms with Gasteiger partial charge in [-0.15, -0.1) is 0 Å². The third-order valence-corrected chi connectivity index (χ3v) is 3.64. The summed E-state index contributed by atoms with van der Waals surface area (Å²) in [5.41, 5.74) is 0. The van der Waals surface area contributed by atoms with Crippen LogP contribution in [0, 0.1) is 0 Å². The average Bonchev–Trinajstić information content (AvgIpc) is 2.37. The summed E-state index contributed by atoms with van der Waals surface area (Å²) >= 11 is 0. The minimum absolute atomic E-state index is 0.371. The minimum Gasteiger partial charge on any atom is -0.263 e. The lowest BCUT2D eigenvalue weighted by atomic mass is 10.4. The highest BCUT2D eigenvalue weighted by molar-refractivity contribution is 7.90. The lowest BCUT2D eigenvalue weighted by molar-refractivity contribution is 0.543. The molecule has 0 saturated heterocycles. The molecule has 0 aromatic rings. The standard InChI is InChI=1S/C6H10NO3S/c8-5-7-11(9,10)6-3-1-2-4-6/h6H,1-4H2,(H,7,8). The minimum atomic E-state index is -3.38. The van der Waals surface area contributed by atoms with E-state index >= 15 is 0 Å². The highest BCUT2D eigenvalue weighted by Crippen LogP contribution is 2.23. The molecule has 63 valence electrons. The first kappa shape index (κ1) is 8.52. The van der Waals surface area contributed by atoms with Crippen molar-refractivity contribution in [1.29, 1.82) is 0 Å². The van der Waals surface area contributed by atoms with E-state index in [0.717, 1.165) is 12.8 Å². The predicted octanol–water partition coefficient (Wildman–Crippen LogP) is -0.0844. The van der Waals surface area contributed by atoms with Gasteiger partial charge in [-0.3, -0.25) is 4.79 Å². The van der Waals surface area contributed by atoms with Gasteiger partial charge in [0.25, 0.3) is 0 Å². The number of amides is 1. The third kappa shape index (κ3) is 1.92. The highest BCUT2D eigenvalue weighted by Gasteiger charge is 2.28. The summed E-state index contributed by atoms with van der Waals surface area (Å²) in [7, 11) is -3.38. The van der Waals surface area contributed by atoms with Crippen LogP contribution in [-0.4, -0.2) is 20.1 Å². The Morgan fingerprint density at radius 3 is 2.27 bits per heavy atom. The van der Waals surface area contributed by atoms with Crippen LogP contribution in [0.1, 0.15) is 25.7 Å². The van der Waals surface area contributed by atoms with Crippen molar-refractivity contribution in [1.82, 2.24) is 4.72 Å². The Bertz CT molecular complexity index is 228. The topological polar surface area (TPSA) is 63.2 Å². The van der Waals surface area contributed by atoms with Gasteiger partial charge in [0.1, 0.15) is 0 Å². The molecule has 0 atom stereocenters. The van der Waals surface area contributed by atoms with E-state index in [9.17, 15) is 13.2 Å². The second kappa shape index (κ2) is 3.21. The molecule has 0 aromatic carbocycles. The summed E-state index contributed by atoms with van der Waals surface area (Å²) in [5.74, 6) is 0. The van der Waals surface area contributed by atoms with Gasteiger partial charge >= 0.3 is 6.41 Å². The molecule has 1 amide bonds. The van der Waals surface area contributed by atoms with E-state index in [1.54, 1.807) is 4.72 Å². The summed E-state index contributed by atoms with van der Waals surface area (Å²) in [6.45, 7) is 0. The highest BCUT2D eigenvalue weighted by atomic mass is 32.2. The van der Waals surface area contributed by atoms with Gasteiger partial charge in [-0.05, 0) is 12.8 Å². The summed E-state index contributed by atoms with van der Waals surface area (Å²) in [6, 6.07) is 0. The first-order valence-corrected chi connectivity index (χ1v) is 5.09. The largest absolute Gasteiger partial charge is 0.323 e. The van der Waals surface area contributed by atoms with Gasteiger partial charge in [0, 0.05) is 0 Å². The number of carbonyl (C=O) groups excluding carboxylic acids is 1. The maximum absolute atomic E-state index is 11.1. The quantitative estimate of drug-likeness (QED) is 0.611. The third-order valence-electron chi connectivity index (χ3n) is 1.92. The van der Waals surface area contributed by atoms with Crippen LogP contribution < -0.4 is 4.72 Å². The maximum atomic E-state index is 11.1. The van der Waals surface area contributed by atoms with E-state index in [0.29, 0.717) is 12.8 Å². The van der Waals surface area contributed by atoms with Gasteiger partial charge in [0.05, 0.1) is 5.25 Å². The first-order chi connectivity index (χ1) is 5.17. The zero-order chi connectivity index (χ0) is 8.32. The Labute approximate surface area is 66.0 Å². The molecule has 0 aromatic heterocycles. The van der Waals surface area contributed by atoms with Crippen molar-refractivity contribution in [3.8, 4) is 0 Å². The fourth-order valence-corrected chi connectivity index (χ4v) is 2.58. The Kier molecular flexibility index (Phi) is 2.49. The van der Waals surface area contributed by atoms with Gasteiger partial charge < -0.3 is 0 Å². The lowest BCUT2D eigenvalue weighted by Gasteiger charge is -2.07. The molecule has 1 radical (unpaired) electrons. The molecule has 1 saturated carbocycles. The van der Waals surface area contributed by atoms with Crippen LogP contribution in [-0.2, 0) is 14.8 Å². The van der Waals surface area contributed by atoms with E-state index in [-0.39, 0.29) is 5.25 Å². The Hall–Kier alpha value is -0.580. The van der Waals surface area contributed by atoms with Crippen molar-refractivity contribution in [3.05, 3.63) is 0 Å². The van der Waals surface area contributed by atoms with Gasteiger partial charge in [-0.25, -0.2) is 13.1 Å². The molecule has 1 aliphatic rings. The van der Waals surface area contributed by atoms with Gasteiger partial charge in [0.2, 0.25) is 10.0 Å². The van der Waals surface area contributed by atoms with Crippen molar-refractivity contribution >= 4 is 16.4 Å². The number of nitrogens with one attached hydrogen (secondary N) is 1. The van der Waals surface area contributed by atoms with E-state index in [4.69, 9.17) is 0 Å². The lowest BCUT2D eigenvalue weighted by Crippen LogP contribution is -2.31. The van der Waals surface area contributed by atoms with E-state index in [2.05, 4.69) is 0 Å². The second-order valence-corrected chi connectivity index (χ2v) is 4.62. The van der Waals surface area contributed by atoms with Crippen LogP contribution in [0.5, 0.6) is 0 Å². The number of hydrogen-bond acceptors (Lipinski definition) is 3. The van der Waals surface area contributed by atoms with Crippen molar-refractivity contribution in [2.24, 2.45) is 0 Å². The van der Waals surface area contributed by atoms with Crippen LogP contribution in [0.25, 0.3) is 0 Å². The predicted molar refractivity (Wildman–Crippen MR) is 40.0 cm³/mol. The molecule has 5 heteroatoms.